The normalized spacial score (nSPS) is 9.00. The van der Waals surface area contributed by atoms with Gasteiger partial charge in [0.05, 0.1) is 0 Å². The Morgan fingerprint density at radius 3 is 1.64 bits per heavy atom. The maximum absolute atomic E-state index is 2.40. The maximum atomic E-state index is 2.40. The van der Waals surface area contributed by atoms with Gasteiger partial charge in [0.15, 0.2) is 0 Å². The van der Waals surface area contributed by atoms with Crippen LogP contribution in [0.4, 0.5) is 0 Å². The molecular formula is C13H33N. The Labute approximate surface area is 92.9 Å². The van der Waals surface area contributed by atoms with E-state index < -0.39 is 0 Å². The molecule has 0 amide bonds. The molecule has 0 N–H and O–H groups in total. The highest BCUT2D eigenvalue weighted by Gasteiger charge is 2.00. The lowest BCUT2D eigenvalue weighted by atomic mass is 10.2. The molecule has 0 unspecified atom stereocenters. The van der Waals surface area contributed by atoms with E-state index in [0.717, 1.165) is 0 Å². The zero-order chi connectivity index (χ0) is 12.0. The van der Waals surface area contributed by atoms with Gasteiger partial charge >= 0.3 is 0 Å². The molecule has 0 fully saturated rings. The van der Waals surface area contributed by atoms with Crippen LogP contribution in [0.15, 0.2) is 0 Å². The van der Waals surface area contributed by atoms with Crippen molar-refractivity contribution in [2.45, 2.75) is 73.8 Å². The maximum Gasteiger partial charge on any atom is 0.00355 e. The molecule has 0 aromatic heterocycles. The largest absolute Gasteiger partial charge is 0.304 e. The Hall–Kier alpha value is -0.0400. The van der Waals surface area contributed by atoms with E-state index in [-0.39, 0.29) is 0 Å². The molecule has 0 aromatic rings. The van der Waals surface area contributed by atoms with Gasteiger partial charge < -0.3 is 4.90 Å². The first-order valence-corrected chi connectivity index (χ1v) is 6.38. The minimum absolute atomic E-state index is 0.705. The second-order valence-electron chi connectivity index (χ2n) is 3.28. The molecule has 0 radical (unpaired) electrons. The van der Waals surface area contributed by atoms with Crippen molar-refractivity contribution in [3.8, 4) is 0 Å². The quantitative estimate of drug-likeness (QED) is 0.592. The molecule has 1 heteroatoms. The molecule has 0 saturated carbocycles. The van der Waals surface area contributed by atoms with Gasteiger partial charge in [-0.3, -0.25) is 0 Å². The van der Waals surface area contributed by atoms with Crippen LogP contribution in [0, 0.1) is 0 Å². The van der Waals surface area contributed by atoms with Gasteiger partial charge in [0.2, 0.25) is 0 Å². The van der Waals surface area contributed by atoms with Crippen LogP contribution in [0.3, 0.4) is 0 Å². The van der Waals surface area contributed by atoms with Crippen molar-refractivity contribution < 1.29 is 0 Å². The van der Waals surface area contributed by atoms with Crippen molar-refractivity contribution in [1.29, 1.82) is 0 Å². The van der Waals surface area contributed by atoms with Crippen LogP contribution in [0.1, 0.15) is 67.7 Å². The first kappa shape index (κ1) is 19.5. The highest BCUT2D eigenvalue weighted by atomic mass is 15.1. The second-order valence-corrected chi connectivity index (χ2v) is 3.28. The van der Waals surface area contributed by atoms with Crippen LogP contribution in [-0.2, 0) is 0 Å². The SMILES string of the molecule is CC.CC.CCCCCN(C)C(C)C. The highest BCUT2D eigenvalue weighted by molar-refractivity contribution is 4.55. The van der Waals surface area contributed by atoms with Gasteiger partial charge in [0.1, 0.15) is 0 Å². The lowest BCUT2D eigenvalue weighted by molar-refractivity contribution is 0.268. The summed E-state index contributed by atoms with van der Waals surface area (Å²) < 4.78 is 0. The van der Waals surface area contributed by atoms with E-state index in [4.69, 9.17) is 0 Å². The Bertz CT molecular complexity index is 69.6. The van der Waals surface area contributed by atoms with E-state index in [1.165, 1.54) is 25.8 Å². The van der Waals surface area contributed by atoms with Gasteiger partial charge in [0.25, 0.3) is 0 Å². The van der Waals surface area contributed by atoms with Crippen LogP contribution in [0.2, 0.25) is 0 Å². The van der Waals surface area contributed by atoms with Crippen molar-refractivity contribution in [2.24, 2.45) is 0 Å². The molecule has 0 bridgehead atoms. The van der Waals surface area contributed by atoms with Gasteiger partial charge in [-0.05, 0) is 33.9 Å². The molecular weight excluding hydrogens is 170 g/mol. The molecule has 0 spiro atoms. The third-order valence-corrected chi connectivity index (χ3v) is 2.00. The average molecular weight is 203 g/mol. The van der Waals surface area contributed by atoms with Crippen LogP contribution in [-0.4, -0.2) is 24.5 Å². The average Bonchev–Trinajstić information content (AvgIpc) is 2.24. The first-order valence-electron chi connectivity index (χ1n) is 6.38. The molecule has 0 atom stereocenters. The number of hydrogen-bond acceptors (Lipinski definition) is 1. The minimum atomic E-state index is 0.705. The molecule has 0 aliphatic rings. The Balaban J connectivity index is -0.000000266. The predicted molar refractivity (Wildman–Crippen MR) is 70.0 cm³/mol. The number of unbranched alkanes of at least 4 members (excludes halogenated alkanes) is 2. The summed E-state index contributed by atoms with van der Waals surface area (Å²) in [6, 6.07) is 0.705. The Morgan fingerprint density at radius 1 is 0.929 bits per heavy atom. The second kappa shape index (κ2) is 18.7. The summed E-state index contributed by atoms with van der Waals surface area (Å²) in [5.41, 5.74) is 0. The molecule has 14 heavy (non-hydrogen) atoms. The summed E-state index contributed by atoms with van der Waals surface area (Å²) in [6.07, 6.45) is 4.05. The van der Waals surface area contributed by atoms with Gasteiger partial charge in [-0.2, -0.15) is 0 Å². The fraction of sp³-hybridized carbons (Fsp3) is 1.00. The molecule has 0 saturated heterocycles. The van der Waals surface area contributed by atoms with Crippen LogP contribution in [0.5, 0.6) is 0 Å². The summed E-state index contributed by atoms with van der Waals surface area (Å²) in [5, 5.41) is 0. The molecule has 0 aliphatic carbocycles. The third-order valence-electron chi connectivity index (χ3n) is 2.00. The van der Waals surface area contributed by atoms with Gasteiger partial charge in [-0.25, -0.2) is 0 Å². The summed E-state index contributed by atoms with van der Waals surface area (Å²) in [5.74, 6) is 0. The third kappa shape index (κ3) is 17.9. The monoisotopic (exact) mass is 203 g/mol. The lowest BCUT2D eigenvalue weighted by Gasteiger charge is -2.20. The van der Waals surface area contributed by atoms with Crippen molar-refractivity contribution in [2.75, 3.05) is 13.6 Å². The molecule has 0 heterocycles. The molecule has 0 aromatic carbocycles. The molecule has 90 valence electrons. The van der Waals surface area contributed by atoms with Crippen molar-refractivity contribution in [3.05, 3.63) is 0 Å². The van der Waals surface area contributed by atoms with E-state index in [2.05, 4.69) is 32.7 Å². The lowest BCUT2D eigenvalue weighted by Crippen LogP contribution is -2.27. The Kier molecular flexibility index (Phi) is 26.1. The summed E-state index contributed by atoms with van der Waals surface area (Å²) >= 11 is 0. The number of rotatable bonds is 5. The van der Waals surface area contributed by atoms with E-state index in [9.17, 15) is 0 Å². The van der Waals surface area contributed by atoms with Gasteiger partial charge in [-0.1, -0.05) is 47.5 Å². The van der Waals surface area contributed by atoms with Crippen LogP contribution < -0.4 is 0 Å². The zero-order valence-corrected chi connectivity index (χ0v) is 11.9. The van der Waals surface area contributed by atoms with Gasteiger partial charge in [-0.15, -0.1) is 0 Å². The van der Waals surface area contributed by atoms with Crippen LogP contribution >= 0.6 is 0 Å². The number of hydrogen-bond donors (Lipinski definition) is 0. The Morgan fingerprint density at radius 2 is 1.36 bits per heavy atom. The van der Waals surface area contributed by atoms with E-state index >= 15 is 0 Å². The molecule has 1 nitrogen and oxygen atoms in total. The van der Waals surface area contributed by atoms with Crippen molar-refractivity contribution in [1.82, 2.24) is 4.90 Å². The van der Waals surface area contributed by atoms with Crippen molar-refractivity contribution in [3.63, 3.8) is 0 Å². The summed E-state index contributed by atoms with van der Waals surface area (Å²) in [4.78, 5) is 2.40. The molecule has 0 rings (SSSR count). The predicted octanol–water partition coefficient (Wildman–Crippen LogP) is 4.57. The fourth-order valence-electron chi connectivity index (χ4n) is 0.869. The first-order chi connectivity index (χ1) is 6.68. The fourth-order valence-corrected chi connectivity index (χ4v) is 0.869. The van der Waals surface area contributed by atoms with E-state index in [0.29, 0.717) is 6.04 Å². The summed E-state index contributed by atoms with van der Waals surface area (Å²) in [6.45, 7) is 16.0. The molecule has 0 aliphatic heterocycles. The minimum Gasteiger partial charge on any atom is -0.304 e. The van der Waals surface area contributed by atoms with Crippen molar-refractivity contribution >= 4 is 0 Å². The topological polar surface area (TPSA) is 3.24 Å². The highest BCUT2D eigenvalue weighted by Crippen LogP contribution is 1.99. The van der Waals surface area contributed by atoms with E-state index in [1.807, 2.05) is 27.7 Å². The standard InChI is InChI=1S/C9H21N.2C2H6/c1-5-6-7-8-10(4)9(2)3;2*1-2/h9H,5-8H2,1-4H3;2*1-2H3. The van der Waals surface area contributed by atoms with Gasteiger partial charge in [0, 0.05) is 6.04 Å². The smallest absolute Gasteiger partial charge is 0.00355 e. The summed E-state index contributed by atoms with van der Waals surface area (Å²) in [7, 11) is 2.19. The van der Waals surface area contributed by atoms with E-state index in [1.54, 1.807) is 0 Å². The van der Waals surface area contributed by atoms with Crippen LogP contribution in [0.25, 0.3) is 0 Å². The zero-order valence-electron chi connectivity index (χ0n) is 11.9. The number of nitrogens with zero attached hydrogens (tertiary/aromatic N) is 1.